The van der Waals surface area contributed by atoms with Crippen LogP contribution in [0.4, 0.5) is 5.69 Å². The lowest BCUT2D eigenvalue weighted by Crippen LogP contribution is -2.13. The molecule has 24 heavy (non-hydrogen) atoms. The summed E-state index contributed by atoms with van der Waals surface area (Å²) in [5, 5.41) is 3.47. The number of benzene rings is 2. The number of rotatable bonds is 5. The van der Waals surface area contributed by atoms with E-state index >= 15 is 0 Å². The van der Waals surface area contributed by atoms with Gasteiger partial charge in [0.15, 0.2) is 0 Å². The van der Waals surface area contributed by atoms with Crippen molar-refractivity contribution >= 4 is 23.2 Å². The van der Waals surface area contributed by atoms with Gasteiger partial charge in [0.1, 0.15) is 12.3 Å². The molecule has 0 atom stereocenters. The lowest BCUT2D eigenvalue weighted by atomic mass is 10.2. The lowest BCUT2D eigenvalue weighted by Gasteiger charge is -2.11. The molecular weight excluding hydrogens is 324 g/mol. The van der Waals surface area contributed by atoms with Gasteiger partial charge in [0.05, 0.1) is 0 Å². The van der Waals surface area contributed by atoms with E-state index in [9.17, 15) is 4.79 Å². The van der Waals surface area contributed by atoms with E-state index in [-0.39, 0.29) is 5.91 Å². The number of carbonyl (C=O) groups is 1. The molecule has 1 amide bonds. The van der Waals surface area contributed by atoms with Gasteiger partial charge in [-0.25, -0.2) is 4.98 Å². The monoisotopic (exact) mass is 338 g/mol. The predicted octanol–water partition coefficient (Wildman–Crippen LogP) is 4.57. The van der Waals surface area contributed by atoms with Crippen LogP contribution in [0.2, 0.25) is 5.02 Å². The number of halogens is 1. The first kappa shape index (κ1) is 16.0. The summed E-state index contributed by atoms with van der Waals surface area (Å²) in [5.41, 5.74) is 2.02. The molecule has 0 radical (unpaired) electrons. The number of nitrogens with one attached hydrogen (secondary N) is 1. The fraction of sp³-hybridized carbons (Fsp3) is 0.0526. The minimum atomic E-state index is -0.212. The Morgan fingerprint density at radius 2 is 1.88 bits per heavy atom. The first-order valence-corrected chi connectivity index (χ1v) is 7.79. The summed E-state index contributed by atoms with van der Waals surface area (Å²) in [6, 6.07) is 19.9. The maximum Gasteiger partial charge on any atom is 0.255 e. The summed E-state index contributed by atoms with van der Waals surface area (Å²) in [7, 11) is 0. The molecule has 0 saturated carbocycles. The molecule has 3 rings (SSSR count). The molecule has 0 unspecified atom stereocenters. The van der Waals surface area contributed by atoms with Crippen LogP contribution in [-0.4, -0.2) is 10.9 Å². The molecule has 0 spiro atoms. The number of anilines is 1. The molecule has 1 N–H and O–H groups in total. The number of hydrogen-bond donors (Lipinski definition) is 1. The molecule has 0 bridgehead atoms. The molecule has 120 valence electrons. The fourth-order valence-corrected chi connectivity index (χ4v) is 2.38. The highest BCUT2D eigenvalue weighted by atomic mass is 35.5. The third-order valence-corrected chi connectivity index (χ3v) is 3.56. The van der Waals surface area contributed by atoms with Gasteiger partial charge in [0.25, 0.3) is 5.91 Å². The van der Waals surface area contributed by atoms with Crippen molar-refractivity contribution in [1.82, 2.24) is 4.98 Å². The van der Waals surface area contributed by atoms with Gasteiger partial charge in [-0.3, -0.25) is 4.79 Å². The Balaban J connectivity index is 1.72. The predicted molar refractivity (Wildman–Crippen MR) is 94.4 cm³/mol. The van der Waals surface area contributed by atoms with Gasteiger partial charge in [0.2, 0.25) is 5.88 Å². The average molecular weight is 339 g/mol. The second kappa shape index (κ2) is 7.62. The number of ether oxygens (including phenoxy) is 1. The fourth-order valence-electron chi connectivity index (χ4n) is 2.16. The van der Waals surface area contributed by atoms with Crippen molar-refractivity contribution in [3.05, 3.63) is 89.1 Å². The molecule has 5 heteroatoms. The third-order valence-electron chi connectivity index (χ3n) is 3.32. The van der Waals surface area contributed by atoms with E-state index in [0.717, 1.165) is 5.56 Å². The van der Waals surface area contributed by atoms with Crippen molar-refractivity contribution in [3.8, 4) is 5.88 Å². The van der Waals surface area contributed by atoms with Crippen LogP contribution in [0.5, 0.6) is 5.88 Å². The Labute approximate surface area is 145 Å². The zero-order valence-electron chi connectivity index (χ0n) is 12.8. The largest absolute Gasteiger partial charge is 0.471 e. The van der Waals surface area contributed by atoms with E-state index in [1.165, 1.54) is 0 Å². The lowest BCUT2D eigenvalue weighted by molar-refractivity contribution is 0.102. The van der Waals surface area contributed by atoms with Crippen LogP contribution in [0.15, 0.2) is 72.9 Å². The van der Waals surface area contributed by atoms with Crippen molar-refractivity contribution in [3.63, 3.8) is 0 Å². The Morgan fingerprint density at radius 3 is 2.67 bits per heavy atom. The van der Waals surface area contributed by atoms with Crippen LogP contribution in [0.3, 0.4) is 0 Å². The molecule has 3 aromatic rings. The highest BCUT2D eigenvalue weighted by Crippen LogP contribution is 2.23. The molecule has 0 fully saturated rings. The van der Waals surface area contributed by atoms with Crippen molar-refractivity contribution in [2.75, 3.05) is 5.32 Å². The highest BCUT2D eigenvalue weighted by molar-refractivity contribution is 6.30. The van der Waals surface area contributed by atoms with Gasteiger partial charge in [-0.05, 0) is 42.0 Å². The van der Waals surface area contributed by atoms with E-state index in [4.69, 9.17) is 16.3 Å². The van der Waals surface area contributed by atoms with Crippen LogP contribution >= 0.6 is 11.6 Å². The molecule has 0 saturated heterocycles. The summed E-state index contributed by atoms with van der Waals surface area (Å²) in [4.78, 5) is 16.5. The van der Waals surface area contributed by atoms with E-state index < -0.39 is 0 Å². The van der Waals surface area contributed by atoms with Gasteiger partial charge in [-0.2, -0.15) is 0 Å². The minimum Gasteiger partial charge on any atom is -0.471 e. The quantitative estimate of drug-likeness (QED) is 0.741. The first-order valence-electron chi connectivity index (χ1n) is 7.41. The molecular formula is C19H15ClN2O2. The highest BCUT2D eigenvalue weighted by Gasteiger charge is 2.10. The van der Waals surface area contributed by atoms with Crippen molar-refractivity contribution in [2.45, 2.75) is 6.61 Å². The number of pyridine rings is 1. The van der Waals surface area contributed by atoms with E-state index in [1.54, 1.807) is 36.5 Å². The molecule has 2 aromatic carbocycles. The Hall–Kier alpha value is -2.85. The van der Waals surface area contributed by atoms with Crippen LogP contribution in [-0.2, 0) is 6.61 Å². The van der Waals surface area contributed by atoms with Crippen LogP contribution in [0, 0.1) is 0 Å². The van der Waals surface area contributed by atoms with Crippen LogP contribution in [0.1, 0.15) is 15.9 Å². The number of hydrogen-bond acceptors (Lipinski definition) is 3. The molecule has 1 heterocycles. The van der Waals surface area contributed by atoms with Gasteiger partial charge < -0.3 is 10.1 Å². The van der Waals surface area contributed by atoms with Crippen LogP contribution in [0.25, 0.3) is 0 Å². The zero-order valence-corrected chi connectivity index (χ0v) is 13.5. The summed E-state index contributed by atoms with van der Waals surface area (Å²) >= 11 is 5.97. The first-order chi connectivity index (χ1) is 11.7. The molecule has 0 aliphatic rings. The topological polar surface area (TPSA) is 51.2 Å². The molecule has 4 nitrogen and oxygen atoms in total. The van der Waals surface area contributed by atoms with Crippen molar-refractivity contribution in [1.29, 1.82) is 0 Å². The zero-order chi connectivity index (χ0) is 16.8. The van der Waals surface area contributed by atoms with Crippen molar-refractivity contribution < 1.29 is 9.53 Å². The Kier molecular flexibility index (Phi) is 5.08. The Morgan fingerprint density at radius 1 is 1.04 bits per heavy atom. The maximum atomic E-state index is 12.3. The summed E-state index contributed by atoms with van der Waals surface area (Å²) in [5.74, 6) is 0.151. The third kappa shape index (κ3) is 4.12. The summed E-state index contributed by atoms with van der Waals surface area (Å²) in [6.45, 7) is 0.311. The van der Waals surface area contributed by atoms with E-state index in [1.807, 2.05) is 36.4 Å². The van der Waals surface area contributed by atoms with Gasteiger partial charge in [-0.1, -0.05) is 41.9 Å². The van der Waals surface area contributed by atoms with E-state index in [2.05, 4.69) is 10.3 Å². The van der Waals surface area contributed by atoms with E-state index in [0.29, 0.717) is 28.8 Å². The normalized spacial score (nSPS) is 10.2. The van der Waals surface area contributed by atoms with Gasteiger partial charge >= 0.3 is 0 Å². The summed E-state index contributed by atoms with van der Waals surface area (Å²) < 4.78 is 5.73. The second-order valence-electron chi connectivity index (χ2n) is 5.09. The number of aromatic nitrogens is 1. The second-order valence-corrected chi connectivity index (χ2v) is 5.53. The van der Waals surface area contributed by atoms with Gasteiger partial charge in [-0.15, -0.1) is 0 Å². The SMILES string of the molecule is O=C(Nc1cccnc1OCc1cccc(Cl)c1)c1ccccc1. The maximum absolute atomic E-state index is 12.3. The molecule has 0 aliphatic carbocycles. The van der Waals surface area contributed by atoms with Crippen LogP contribution < -0.4 is 10.1 Å². The number of amides is 1. The minimum absolute atomic E-state index is 0.212. The van der Waals surface area contributed by atoms with Crippen molar-refractivity contribution in [2.24, 2.45) is 0 Å². The average Bonchev–Trinajstić information content (AvgIpc) is 2.62. The molecule has 0 aliphatic heterocycles. The standard InChI is InChI=1S/C19H15ClN2O2/c20-16-9-4-6-14(12-16)13-24-19-17(10-5-11-21-19)22-18(23)15-7-2-1-3-8-15/h1-12H,13H2,(H,22,23). The van der Waals surface area contributed by atoms with Gasteiger partial charge in [0, 0.05) is 16.8 Å². The summed E-state index contributed by atoms with van der Waals surface area (Å²) in [6.07, 6.45) is 1.62. The number of carbonyl (C=O) groups excluding carboxylic acids is 1. The molecule has 1 aromatic heterocycles. The smallest absolute Gasteiger partial charge is 0.255 e. The Bertz CT molecular complexity index is 838. The number of nitrogens with zero attached hydrogens (tertiary/aromatic N) is 1.